The van der Waals surface area contributed by atoms with Gasteiger partial charge in [-0.15, -0.1) is 0 Å². The fourth-order valence-corrected chi connectivity index (χ4v) is 4.30. The van der Waals surface area contributed by atoms with Gasteiger partial charge < -0.3 is 20.6 Å². The van der Waals surface area contributed by atoms with Crippen molar-refractivity contribution < 1.29 is 22.8 Å². The highest BCUT2D eigenvalue weighted by Gasteiger charge is 2.49. The zero-order chi connectivity index (χ0) is 25.0. The Morgan fingerprint density at radius 2 is 2.06 bits per heavy atom. The van der Waals surface area contributed by atoms with Gasteiger partial charge in [0.15, 0.2) is 0 Å². The van der Waals surface area contributed by atoms with E-state index in [0.29, 0.717) is 4.90 Å². The number of hydrogen-bond donors (Lipinski definition) is 2. The summed E-state index contributed by atoms with van der Waals surface area (Å²) in [6.07, 6.45) is -2.66. The van der Waals surface area contributed by atoms with Gasteiger partial charge in [0, 0.05) is 35.8 Å². The third kappa shape index (κ3) is 5.26. The lowest BCUT2D eigenvalue weighted by Crippen LogP contribution is -2.57. The molecule has 2 aromatic carbocycles. The number of alkyl halides is 3. The fraction of sp³-hybridized carbons (Fsp3) is 0.261. The average Bonchev–Trinajstić information content (AvgIpc) is 2.78. The first-order valence-corrected chi connectivity index (χ1v) is 10.4. The van der Waals surface area contributed by atoms with Gasteiger partial charge in [0.2, 0.25) is 5.91 Å². The molecule has 1 unspecified atom stereocenters. The molecule has 3 rings (SSSR count). The van der Waals surface area contributed by atoms with Gasteiger partial charge in [0.05, 0.1) is 29.5 Å². The molecule has 1 aliphatic rings. The van der Waals surface area contributed by atoms with Crippen LogP contribution in [0.2, 0.25) is 5.02 Å². The number of carbonyl (C=O) groups is 2. The van der Waals surface area contributed by atoms with Crippen LogP contribution in [0, 0.1) is 22.7 Å². The number of benzene rings is 2. The molecule has 3 atom stereocenters. The molecule has 0 saturated heterocycles. The first-order valence-electron chi connectivity index (χ1n) is 10.0. The number of nitrogens with one attached hydrogen (secondary N) is 2. The number of nitrogens with zero attached hydrogens (tertiary/aromatic N) is 3. The lowest BCUT2D eigenvalue weighted by Gasteiger charge is -2.43. The van der Waals surface area contributed by atoms with E-state index in [2.05, 4.69) is 10.3 Å². The number of carbonyl (C=O) groups excluding carboxylic acids is 2. The minimum Gasteiger partial charge on any atom is -0.325 e. The lowest BCUT2D eigenvalue weighted by atomic mass is 9.77. The van der Waals surface area contributed by atoms with Gasteiger partial charge in [-0.1, -0.05) is 29.8 Å². The number of amides is 2. The summed E-state index contributed by atoms with van der Waals surface area (Å²) in [5.41, 5.74) is 0.532. The van der Waals surface area contributed by atoms with Crippen molar-refractivity contribution in [2.24, 2.45) is 10.9 Å². The molecular weight excluding hydrogens is 471 g/mol. The molecule has 2 amide bonds. The second kappa shape index (κ2) is 10.1. The van der Waals surface area contributed by atoms with Crippen molar-refractivity contribution in [3.05, 3.63) is 64.2 Å². The molecule has 0 saturated carbocycles. The number of rotatable bonds is 6. The fourth-order valence-electron chi connectivity index (χ4n) is 4.06. The molecule has 0 bridgehead atoms. The maximum absolute atomic E-state index is 13.5. The summed E-state index contributed by atoms with van der Waals surface area (Å²) in [6.45, 7) is -1.60. The molecule has 0 spiro atoms. The number of anilines is 1. The largest absolute Gasteiger partial charge is 0.406 e. The molecule has 0 fully saturated rings. The van der Waals surface area contributed by atoms with E-state index in [9.17, 15) is 22.8 Å². The minimum atomic E-state index is -4.74. The first kappa shape index (κ1) is 24.9. The van der Waals surface area contributed by atoms with Gasteiger partial charge in [0.1, 0.15) is 6.54 Å². The van der Waals surface area contributed by atoms with Gasteiger partial charge in [0.25, 0.3) is 5.91 Å². The smallest absolute Gasteiger partial charge is 0.325 e. The van der Waals surface area contributed by atoms with Crippen LogP contribution in [0.15, 0.2) is 47.5 Å². The Labute approximate surface area is 198 Å². The Morgan fingerprint density at radius 1 is 1.35 bits per heavy atom. The van der Waals surface area contributed by atoms with Crippen LogP contribution in [-0.4, -0.2) is 55.0 Å². The van der Waals surface area contributed by atoms with Gasteiger partial charge in [-0.2, -0.15) is 18.4 Å². The lowest BCUT2D eigenvalue weighted by molar-refractivity contribution is -0.148. The van der Waals surface area contributed by atoms with Gasteiger partial charge in [-0.05, 0) is 29.8 Å². The summed E-state index contributed by atoms with van der Waals surface area (Å²) < 4.78 is 40.5. The Bertz CT molecular complexity index is 1190. The van der Waals surface area contributed by atoms with Crippen molar-refractivity contribution in [3.8, 4) is 6.07 Å². The predicted octanol–water partition coefficient (Wildman–Crippen LogP) is 4.29. The summed E-state index contributed by atoms with van der Waals surface area (Å²) >= 11 is 6.01. The molecule has 1 aliphatic heterocycles. The van der Waals surface area contributed by atoms with Crippen LogP contribution in [-0.2, 0) is 4.79 Å². The molecule has 11 heteroatoms. The predicted molar refractivity (Wildman–Crippen MR) is 122 cm³/mol. The number of aliphatic imine (C=N–C) groups is 1. The molecule has 1 heterocycles. The summed E-state index contributed by atoms with van der Waals surface area (Å²) in [4.78, 5) is 31.0. The van der Waals surface area contributed by atoms with E-state index in [1.165, 1.54) is 49.7 Å². The van der Waals surface area contributed by atoms with Gasteiger partial charge >= 0.3 is 6.18 Å². The molecule has 2 N–H and O–H groups in total. The number of fused-ring (bicyclic) bond motifs is 1. The SMILES string of the molecule is CN=CC(C=N)[C@@H]1[C@@H](C(=O)Nc2cc(Cl)cc(C#N)c2)c2ccccc2C(=O)N1CC(F)(F)F. The summed E-state index contributed by atoms with van der Waals surface area (Å²) in [5, 5.41) is 19.7. The molecule has 34 heavy (non-hydrogen) atoms. The van der Waals surface area contributed by atoms with Crippen LogP contribution in [0.5, 0.6) is 0 Å². The standard InChI is InChI=1S/C23H19ClF3N5O2/c1-30-11-14(10-29)20-19(21(33)31-16-7-13(9-28)6-15(24)8-16)17-4-2-3-5-18(17)22(34)32(20)12-23(25,26)27/h2-8,10-11,14,19-20,29H,12H2,1H3,(H,31,33)/t14?,19-,20+/m0/s1. The quantitative estimate of drug-likeness (QED) is 0.591. The second-order valence-corrected chi connectivity index (χ2v) is 8.02. The Kier molecular flexibility index (Phi) is 7.37. The molecule has 0 aliphatic carbocycles. The Hall–Kier alpha value is -3.71. The zero-order valence-corrected chi connectivity index (χ0v) is 18.6. The van der Waals surface area contributed by atoms with Crippen LogP contribution < -0.4 is 5.32 Å². The Balaban J connectivity index is 2.17. The molecule has 7 nitrogen and oxygen atoms in total. The van der Waals surface area contributed by atoms with Crippen LogP contribution in [0.1, 0.15) is 27.4 Å². The maximum Gasteiger partial charge on any atom is 0.406 e. The van der Waals surface area contributed by atoms with Crippen LogP contribution in [0.3, 0.4) is 0 Å². The van der Waals surface area contributed by atoms with E-state index >= 15 is 0 Å². The summed E-state index contributed by atoms with van der Waals surface area (Å²) in [7, 11) is 1.38. The molecule has 2 aromatic rings. The second-order valence-electron chi connectivity index (χ2n) is 7.58. The monoisotopic (exact) mass is 489 g/mol. The van der Waals surface area contributed by atoms with Crippen molar-refractivity contribution in [3.63, 3.8) is 0 Å². The van der Waals surface area contributed by atoms with E-state index < -0.39 is 42.4 Å². The summed E-state index contributed by atoms with van der Waals surface area (Å²) in [5.74, 6) is -3.97. The first-order chi connectivity index (χ1) is 16.1. The topological polar surface area (TPSA) is 109 Å². The molecular formula is C23H19ClF3N5O2. The van der Waals surface area contributed by atoms with Crippen molar-refractivity contribution >= 4 is 41.5 Å². The highest BCUT2D eigenvalue weighted by molar-refractivity contribution is 6.31. The third-order valence-corrected chi connectivity index (χ3v) is 5.54. The van der Waals surface area contributed by atoms with Crippen molar-refractivity contribution in [2.45, 2.75) is 18.1 Å². The van der Waals surface area contributed by atoms with E-state index in [1.54, 1.807) is 6.07 Å². The van der Waals surface area contributed by atoms with Crippen LogP contribution >= 0.6 is 11.6 Å². The van der Waals surface area contributed by atoms with Gasteiger partial charge in [-0.3, -0.25) is 9.59 Å². The van der Waals surface area contributed by atoms with Gasteiger partial charge in [-0.25, -0.2) is 0 Å². The zero-order valence-electron chi connectivity index (χ0n) is 17.8. The van der Waals surface area contributed by atoms with Crippen molar-refractivity contribution in [1.29, 1.82) is 10.7 Å². The van der Waals surface area contributed by atoms with Crippen LogP contribution in [0.25, 0.3) is 0 Å². The Morgan fingerprint density at radius 3 is 2.68 bits per heavy atom. The van der Waals surface area contributed by atoms with Crippen molar-refractivity contribution in [1.82, 2.24) is 4.90 Å². The molecule has 176 valence electrons. The van der Waals surface area contributed by atoms with E-state index in [0.717, 1.165) is 6.21 Å². The van der Waals surface area contributed by atoms with Crippen molar-refractivity contribution in [2.75, 3.05) is 18.9 Å². The minimum absolute atomic E-state index is 0.0378. The number of nitriles is 1. The normalized spacial score (nSPS) is 18.8. The molecule has 0 radical (unpaired) electrons. The highest BCUT2D eigenvalue weighted by Crippen LogP contribution is 2.39. The van der Waals surface area contributed by atoms with E-state index in [1.807, 2.05) is 6.07 Å². The molecule has 0 aromatic heterocycles. The van der Waals surface area contributed by atoms with E-state index in [4.69, 9.17) is 22.3 Å². The highest BCUT2D eigenvalue weighted by atomic mass is 35.5. The van der Waals surface area contributed by atoms with Crippen LogP contribution in [0.4, 0.5) is 18.9 Å². The van der Waals surface area contributed by atoms with E-state index in [-0.39, 0.29) is 27.4 Å². The maximum atomic E-state index is 13.5. The average molecular weight is 490 g/mol. The number of hydrogen-bond acceptors (Lipinski definition) is 5. The summed E-state index contributed by atoms with van der Waals surface area (Å²) in [6, 6.07) is 10.6. The third-order valence-electron chi connectivity index (χ3n) is 5.32. The number of halogens is 4.